The number of methoxy groups -OCH3 is 3. The highest BCUT2D eigenvalue weighted by Crippen LogP contribution is 2.40. The number of benzene rings is 1. The number of hydrogen-bond donors (Lipinski definition) is 1. The lowest BCUT2D eigenvalue weighted by molar-refractivity contribution is 0.208. The van der Waals surface area contributed by atoms with E-state index in [0.29, 0.717) is 49.1 Å². The Bertz CT molecular complexity index is 917. The minimum absolute atomic E-state index is 0.167. The molecule has 2 fully saturated rings. The molecule has 32 heavy (non-hydrogen) atoms. The van der Waals surface area contributed by atoms with Gasteiger partial charge in [-0.15, -0.1) is 0 Å². The third-order valence-corrected chi connectivity index (χ3v) is 5.88. The topological polar surface area (TPSA) is 92.3 Å². The highest BCUT2D eigenvalue weighted by atomic mass is 16.5. The molecule has 0 unspecified atom stereocenters. The lowest BCUT2D eigenvalue weighted by Crippen LogP contribution is -2.50. The van der Waals surface area contributed by atoms with Gasteiger partial charge in [-0.2, -0.15) is 0 Å². The van der Waals surface area contributed by atoms with Crippen molar-refractivity contribution in [2.45, 2.75) is 12.8 Å². The minimum Gasteiger partial charge on any atom is -0.493 e. The SMILES string of the molecule is COc1cc(NC(=O)N2CCN(c3cc(N4CCCC4)ncn3)CC2)cc(OC)c1OC. The molecule has 2 saturated heterocycles. The van der Waals surface area contributed by atoms with Crippen molar-refractivity contribution in [3.63, 3.8) is 0 Å². The Kier molecular flexibility index (Phi) is 6.67. The van der Waals surface area contributed by atoms with Crippen molar-refractivity contribution < 1.29 is 19.0 Å². The number of nitrogens with zero attached hydrogens (tertiary/aromatic N) is 5. The predicted molar refractivity (Wildman–Crippen MR) is 122 cm³/mol. The summed E-state index contributed by atoms with van der Waals surface area (Å²) in [6, 6.07) is 5.32. The van der Waals surface area contributed by atoms with Crippen LogP contribution in [-0.2, 0) is 0 Å². The number of ether oxygens (including phenoxy) is 3. The normalized spacial score (nSPS) is 16.2. The van der Waals surface area contributed by atoms with Crippen LogP contribution in [0.3, 0.4) is 0 Å². The van der Waals surface area contributed by atoms with Gasteiger partial charge in [-0.25, -0.2) is 14.8 Å². The number of carbonyl (C=O) groups is 1. The zero-order chi connectivity index (χ0) is 22.5. The van der Waals surface area contributed by atoms with E-state index in [0.717, 1.165) is 24.7 Å². The van der Waals surface area contributed by atoms with E-state index >= 15 is 0 Å². The molecule has 10 nitrogen and oxygen atoms in total. The van der Waals surface area contributed by atoms with Crippen LogP contribution in [0.1, 0.15) is 12.8 Å². The van der Waals surface area contributed by atoms with Crippen LogP contribution in [0, 0.1) is 0 Å². The molecule has 2 amide bonds. The smallest absolute Gasteiger partial charge is 0.321 e. The van der Waals surface area contributed by atoms with E-state index in [1.54, 1.807) is 44.7 Å². The quantitative estimate of drug-likeness (QED) is 0.729. The van der Waals surface area contributed by atoms with Gasteiger partial charge in [0, 0.05) is 57.5 Å². The molecule has 0 saturated carbocycles. The Morgan fingerprint density at radius 3 is 1.91 bits per heavy atom. The van der Waals surface area contributed by atoms with Crippen molar-refractivity contribution in [3.05, 3.63) is 24.5 Å². The second kappa shape index (κ2) is 9.80. The zero-order valence-electron chi connectivity index (χ0n) is 18.8. The summed E-state index contributed by atoms with van der Waals surface area (Å²) in [5.74, 6) is 3.36. The van der Waals surface area contributed by atoms with Crippen LogP contribution in [0.5, 0.6) is 17.2 Å². The fourth-order valence-electron chi connectivity index (χ4n) is 4.12. The van der Waals surface area contributed by atoms with Gasteiger partial charge in [0.25, 0.3) is 0 Å². The number of amides is 2. The number of hydrogen-bond acceptors (Lipinski definition) is 8. The Hall–Kier alpha value is -3.43. The summed E-state index contributed by atoms with van der Waals surface area (Å²) in [6.45, 7) is 4.70. The van der Waals surface area contributed by atoms with Crippen molar-refractivity contribution >= 4 is 23.4 Å². The molecule has 1 N–H and O–H groups in total. The van der Waals surface area contributed by atoms with E-state index in [1.807, 2.05) is 0 Å². The van der Waals surface area contributed by atoms with Crippen LogP contribution < -0.4 is 29.3 Å². The lowest BCUT2D eigenvalue weighted by Gasteiger charge is -2.35. The van der Waals surface area contributed by atoms with E-state index in [1.165, 1.54) is 12.8 Å². The standard InChI is InChI=1S/C22H30N6O4/c1-30-17-12-16(13-18(31-2)21(17)32-3)25-22(29)28-10-8-27(9-11-28)20-14-19(23-15-24-20)26-6-4-5-7-26/h12-15H,4-11H2,1-3H3,(H,25,29). The zero-order valence-corrected chi connectivity index (χ0v) is 18.8. The number of rotatable bonds is 6. The maximum Gasteiger partial charge on any atom is 0.321 e. The summed E-state index contributed by atoms with van der Waals surface area (Å²) in [5.41, 5.74) is 0.581. The molecule has 2 aliphatic heterocycles. The second-order valence-electron chi connectivity index (χ2n) is 7.75. The van der Waals surface area contributed by atoms with E-state index in [4.69, 9.17) is 14.2 Å². The molecular formula is C22H30N6O4. The van der Waals surface area contributed by atoms with Crippen molar-refractivity contribution in [1.82, 2.24) is 14.9 Å². The molecule has 0 spiro atoms. The molecular weight excluding hydrogens is 412 g/mol. The third kappa shape index (κ3) is 4.58. The molecule has 1 aromatic heterocycles. The number of urea groups is 1. The van der Waals surface area contributed by atoms with Crippen LogP contribution in [0.15, 0.2) is 24.5 Å². The van der Waals surface area contributed by atoms with Crippen molar-refractivity contribution in [1.29, 1.82) is 0 Å². The fraction of sp³-hybridized carbons (Fsp3) is 0.500. The van der Waals surface area contributed by atoms with Crippen LogP contribution in [0.2, 0.25) is 0 Å². The Labute approximate surface area is 188 Å². The van der Waals surface area contributed by atoms with Gasteiger partial charge in [0.05, 0.1) is 27.0 Å². The molecule has 2 aromatic rings. The number of anilines is 3. The molecule has 0 aliphatic carbocycles. The molecule has 172 valence electrons. The number of carbonyl (C=O) groups excluding carboxylic acids is 1. The summed E-state index contributed by atoms with van der Waals surface area (Å²) in [6.07, 6.45) is 4.05. The Morgan fingerprint density at radius 2 is 1.38 bits per heavy atom. The average Bonchev–Trinajstić information content (AvgIpc) is 3.38. The summed E-state index contributed by atoms with van der Waals surface area (Å²) in [5, 5.41) is 2.93. The molecule has 0 radical (unpaired) electrons. The van der Waals surface area contributed by atoms with Crippen molar-refractivity contribution in [3.8, 4) is 17.2 Å². The lowest BCUT2D eigenvalue weighted by atomic mass is 10.2. The number of aromatic nitrogens is 2. The number of nitrogens with one attached hydrogen (secondary N) is 1. The summed E-state index contributed by atoms with van der Waals surface area (Å²) in [7, 11) is 4.64. The van der Waals surface area contributed by atoms with Gasteiger partial charge in [-0.1, -0.05) is 0 Å². The Morgan fingerprint density at radius 1 is 0.812 bits per heavy atom. The van der Waals surface area contributed by atoms with Crippen LogP contribution in [-0.4, -0.2) is 81.5 Å². The molecule has 2 aliphatic rings. The van der Waals surface area contributed by atoms with E-state index in [2.05, 4.69) is 31.2 Å². The molecule has 1 aromatic carbocycles. The van der Waals surface area contributed by atoms with Gasteiger partial charge in [0.15, 0.2) is 11.5 Å². The van der Waals surface area contributed by atoms with Gasteiger partial charge in [-0.05, 0) is 12.8 Å². The highest BCUT2D eigenvalue weighted by Gasteiger charge is 2.24. The predicted octanol–water partition coefficient (Wildman–Crippen LogP) is 2.46. The van der Waals surface area contributed by atoms with E-state index in [9.17, 15) is 4.79 Å². The summed E-state index contributed by atoms with van der Waals surface area (Å²) in [4.78, 5) is 28.0. The molecule has 10 heteroatoms. The van der Waals surface area contributed by atoms with Crippen molar-refractivity contribution in [2.75, 3.05) is 75.7 Å². The summed E-state index contributed by atoms with van der Waals surface area (Å²) < 4.78 is 16.1. The first-order chi connectivity index (χ1) is 15.6. The van der Waals surface area contributed by atoms with Gasteiger partial charge >= 0.3 is 6.03 Å². The monoisotopic (exact) mass is 442 g/mol. The third-order valence-electron chi connectivity index (χ3n) is 5.88. The first-order valence-corrected chi connectivity index (χ1v) is 10.8. The molecule has 0 atom stereocenters. The molecule has 0 bridgehead atoms. The molecule has 4 rings (SSSR count). The minimum atomic E-state index is -0.167. The molecule has 3 heterocycles. The Balaban J connectivity index is 1.37. The fourth-order valence-corrected chi connectivity index (χ4v) is 4.12. The maximum absolute atomic E-state index is 12.8. The second-order valence-corrected chi connectivity index (χ2v) is 7.75. The van der Waals surface area contributed by atoms with E-state index in [-0.39, 0.29) is 6.03 Å². The van der Waals surface area contributed by atoms with Gasteiger partial charge < -0.3 is 34.2 Å². The first kappa shape index (κ1) is 21.8. The maximum atomic E-state index is 12.8. The van der Waals surface area contributed by atoms with Gasteiger partial charge in [0.2, 0.25) is 5.75 Å². The van der Waals surface area contributed by atoms with Crippen molar-refractivity contribution in [2.24, 2.45) is 0 Å². The highest BCUT2D eigenvalue weighted by molar-refractivity contribution is 5.90. The van der Waals surface area contributed by atoms with E-state index < -0.39 is 0 Å². The van der Waals surface area contributed by atoms with Crippen LogP contribution >= 0.6 is 0 Å². The van der Waals surface area contributed by atoms with Gasteiger partial charge in [0.1, 0.15) is 18.0 Å². The summed E-state index contributed by atoms with van der Waals surface area (Å²) >= 11 is 0. The first-order valence-electron chi connectivity index (χ1n) is 10.8. The average molecular weight is 443 g/mol. The number of piperazine rings is 1. The largest absolute Gasteiger partial charge is 0.493 e. The van der Waals surface area contributed by atoms with Gasteiger partial charge in [-0.3, -0.25) is 0 Å². The van der Waals surface area contributed by atoms with Crippen LogP contribution in [0.25, 0.3) is 0 Å². The van der Waals surface area contributed by atoms with Crippen LogP contribution in [0.4, 0.5) is 22.1 Å².